The van der Waals surface area contributed by atoms with Crippen molar-refractivity contribution in [3.8, 4) is 40.2 Å². The molecule has 0 amide bonds. The first-order valence-corrected chi connectivity index (χ1v) is 22.3. The van der Waals surface area contributed by atoms with Gasteiger partial charge in [-0.3, -0.25) is 19.9 Å². The van der Waals surface area contributed by atoms with Gasteiger partial charge in [-0.05, 0) is 73.7 Å². The topological polar surface area (TPSA) is 184 Å². The minimum absolute atomic E-state index is 0.0140. The molecule has 17 heteroatoms. The number of aromatic hydroxyl groups is 1. The minimum Gasteiger partial charge on any atom is -0.504 e. The van der Waals surface area contributed by atoms with Crippen molar-refractivity contribution in [2.75, 3.05) is 47.0 Å². The van der Waals surface area contributed by atoms with Crippen LogP contribution in [0.25, 0.3) is 0 Å². The molecule has 0 saturated carbocycles. The van der Waals surface area contributed by atoms with Gasteiger partial charge >= 0.3 is 18.1 Å². The lowest BCUT2D eigenvalue weighted by Gasteiger charge is -2.62. The largest absolute Gasteiger partial charge is 0.514 e. The average molecular weight is 896 g/mol. The second kappa shape index (κ2) is 16.1. The summed E-state index contributed by atoms with van der Waals surface area (Å²) in [6.45, 7) is 5.11. The molecular formula is C47H49N3O13S. The first-order valence-electron chi connectivity index (χ1n) is 21.2. The number of likely N-dealkylation sites (N-methyl/N-ethyl adjacent to an activating group) is 1. The highest BCUT2D eigenvalue weighted by Gasteiger charge is 2.61. The molecule has 4 aromatic carbocycles. The molecule has 2 saturated heterocycles. The summed E-state index contributed by atoms with van der Waals surface area (Å²) in [5.74, 6) is 0.839. The van der Waals surface area contributed by atoms with Crippen LogP contribution in [0.4, 0.5) is 4.79 Å². The van der Waals surface area contributed by atoms with Crippen LogP contribution in [-0.4, -0.2) is 103 Å². The third-order valence-electron chi connectivity index (χ3n) is 13.6. The molecule has 7 atom stereocenters. The molecule has 7 aliphatic rings. The number of piperazine rings is 1. The summed E-state index contributed by atoms with van der Waals surface area (Å²) in [4.78, 5) is 45.2. The molecule has 1 spiro atoms. The lowest BCUT2D eigenvalue weighted by Crippen LogP contribution is -2.70. The summed E-state index contributed by atoms with van der Waals surface area (Å²) in [5, 5.41) is 27.7. The second-order valence-electron chi connectivity index (χ2n) is 17.0. The standard InChI is InChI=1S/C47H49N3O13S/c1-22-14-27-15-29-44(53)50-30-19-58-45(54)47(28-17-31(56-5)32(16-26(28)12-13-48-47)63-46(55)59-18-25-10-8-7-9-11-25)20-64-43(37(50)36(49(29)4)33(27)38(52)39(22)57-6)35-34(30)42-41(60-21-61-42)23(2)40(35)62-24(3)51/h7-11,14,16-17,29-30,36-37,43-44,48,52-53H,12-13,15,18-21H2,1-6H3/t29-,30+,36-,37?,43-,44+,47-/m1/s1. The summed E-state index contributed by atoms with van der Waals surface area (Å²) in [7, 11) is 4.93. The number of carbonyl (C=O) groups excluding carboxylic acids is 3. The van der Waals surface area contributed by atoms with Crippen LogP contribution in [-0.2, 0) is 44.1 Å². The van der Waals surface area contributed by atoms with Gasteiger partial charge in [-0.15, -0.1) is 11.8 Å². The Bertz CT molecular complexity index is 2590. The van der Waals surface area contributed by atoms with Crippen LogP contribution >= 0.6 is 11.8 Å². The van der Waals surface area contributed by atoms with Gasteiger partial charge in [-0.25, -0.2) is 9.59 Å². The van der Waals surface area contributed by atoms with Crippen molar-refractivity contribution in [3.63, 3.8) is 0 Å². The number of nitrogens with zero attached hydrogens (tertiary/aromatic N) is 2. The molecule has 4 bridgehead atoms. The Morgan fingerprint density at radius 1 is 0.953 bits per heavy atom. The van der Waals surface area contributed by atoms with E-state index in [-0.39, 0.29) is 43.0 Å². The maximum atomic E-state index is 15.0. The zero-order valence-corrected chi connectivity index (χ0v) is 37.0. The van der Waals surface area contributed by atoms with Crippen molar-refractivity contribution in [3.05, 3.63) is 98.6 Å². The van der Waals surface area contributed by atoms with Gasteiger partial charge in [0.2, 0.25) is 6.79 Å². The number of aryl methyl sites for hydroxylation is 1. The number of fused-ring (bicyclic) bond motifs is 9. The van der Waals surface area contributed by atoms with Crippen molar-refractivity contribution < 1.29 is 62.5 Å². The van der Waals surface area contributed by atoms with E-state index < -0.39 is 59.3 Å². The molecule has 4 aromatic rings. The summed E-state index contributed by atoms with van der Waals surface area (Å²) >= 11 is 1.44. The highest BCUT2D eigenvalue weighted by atomic mass is 32.2. The van der Waals surface area contributed by atoms with Gasteiger partial charge in [0, 0.05) is 47.5 Å². The number of thioether (sulfide) groups is 1. The predicted octanol–water partition coefficient (Wildman–Crippen LogP) is 5.42. The van der Waals surface area contributed by atoms with E-state index in [1.807, 2.05) is 62.2 Å². The maximum Gasteiger partial charge on any atom is 0.514 e. The molecular weight excluding hydrogens is 847 g/mol. The first-order chi connectivity index (χ1) is 30.9. The molecule has 1 unspecified atom stereocenters. The van der Waals surface area contributed by atoms with Gasteiger partial charge < -0.3 is 48.1 Å². The Balaban J connectivity index is 1.12. The fraction of sp³-hybridized carbons (Fsp3) is 0.426. The Morgan fingerprint density at radius 3 is 2.48 bits per heavy atom. The lowest BCUT2D eigenvalue weighted by molar-refractivity contribution is -0.186. The molecule has 7 heterocycles. The zero-order valence-electron chi connectivity index (χ0n) is 36.2. The fourth-order valence-electron chi connectivity index (χ4n) is 10.9. The van der Waals surface area contributed by atoms with Crippen LogP contribution in [0.3, 0.4) is 0 Å². The normalized spacial score (nSPS) is 26.5. The third kappa shape index (κ3) is 6.45. The van der Waals surface area contributed by atoms with Gasteiger partial charge in [0.25, 0.3) is 0 Å². The molecule has 2 fully saturated rings. The van der Waals surface area contributed by atoms with Crippen molar-refractivity contribution in [1.82, 2.24) is 15.1 Å². The van der Waals surface area contributed by atoms with E-state index in [0.717, 1.165) is 22.3 Å². The summed E-state index contributed by atoms with van der Waals surface area (Å²) < 4.78 is 47.6. The SMILES string of the molecule is COc1cc2c(cc1OC(=O)OCc1ccccc1)CCN[C@]21CS[C@@H]2c3c(OC(C)=O)c(C)c4c(c3[C@H](COC1=O)N1C2[C@H]2c3c(cc(C)c(OC)c3O)C[C@H]([C@@H]1O)N2C)OCO4. The number of benzene rings is 4. The van der Waals surface area contributed by atoms with E-state index in [0.29, 0.717) is 70.2 Å². The van der Waals surface area contributed by atoms with Gasteiger partial charge in [0.05, 0.1) is 37.6 Å². The van der Waals surface area contributed by atoms with Crippen LogP contribution in [0.15, 0.2) is 48.5 Å². The number of rotatable bonds is 6. The average Bonchev–Trinajstić information content (AvgIpc) is 3.78. The predicted molar refractivity (Wildman–Crippen MR) is 230 cm³/mol. The highest BCUT2D eigenvalue weighted by Crippen LogP contribution is 2.64. The van der Waals surface area contributed by atoms with Crippen LogP contribution in [0.5, 0.6) is 40.2 Å². The van der Waals surface area contributed by atoms with E-state index >= 15 is 4.79 Å². The molecule has 11 rings (SSSR count). The molecule has 336 valence electrons. The lowest BCUT2D eigenvalue weighted by atomic mass is 9.73. The Hall–Kier alpha value is -5.72. The van der Waals surface area contributed by atoms with Crippen molar-refractivity contribution in [2.45, 2.75) is 81.4 Å². The summed E-state index contributed by atoms with van der Waals surface area (Å²) in [6.07, 6.45) is -1.08. The number of hydrogen-bond acceptors (Lipinski definition) is 17. The molecule has 0 aliphatic carbocycles. The fourth-order valence-corrected chi connectivity index (χ4v) is 12.6. The van der Waals surface area contributed by atoms with Gasteiger partial charge in [-0.2, -0.15) is 0 Å². The van der Waals surface area contributed by atoms with Crippen LogP contribution in [0.1, 0.15) is 74.3 Å². The molecule has 0 radical (unpaired) electrons. The summed E-state index contributed by atoms with van der Waals surface area (Å²) in [6, 6.07) is 12.3. The summed E-state index contributed by atoms with van der Waals surface area (Å²) in [5.41, 5.74) is 4.80. The number of phenolic OH excluding ortho intramolecular Hbond substituents is 1. The third-order valence-corrected chi connectivity index (χ3v) is 15.1. The van der Waals surface area contributed by atoms with E-state index in [2.05, 4.69) is 10.2 Å². The second-order valence-corrected chi connectivity index (χ2v) is 18.2. The zero-order chi connectivity index (χ0) is 44.8. The maximum absolute atomic E-state index is 15.0. The molecule has 7 aliphatic heterocycles. The number of ether oxygens (including phenoxy) is 8. The quantitative estimate of drug-likeness (QED) is 0.127. The van der Waals surface area contributed by atoms with Crippen molar-refractivity contribution in [2.24, 2.45) is 0 Å². The number of aliphatic hydroxyl groups is 1. The number of esters is 2. The van der Waals surface area contributed by atoms with E-state index in [1.165, 1.54) is 32.9 Å². The number of phenols is 1. The van der Waals surface area contributed by atoms with Crippen LogP contribution in [0.2, 0.25) is 0 Å². The highest BCUT2D eigenvalue weighted by molar-refractivity contribution is 7.99. The smallest absolute Gasteiger partial charge is 0.504 e. The number of methoxy groups -OCH3 is 2. The number of nitrogens with one attached hydrogen (secondary N) is 1. The Morgan fingerprint density at radius 2 is 1.73 bits per heavy atom. The van der Waals surface area contributed by atoms with Crippen LogP contribution in [0, 0.1) is 13.8 Å². The van der Waals surface area contributed by atoms with Crippen molar-refractivity contribution >= 4 is 29.9 Å². The van der Waals surface area contributed by atoms with Gasteiger partial charge in [0.1, 0.15) is 25.2 Å². The Kier molecular flexibility index (Phi) is 10.6. The van der Waals surface area contributed by atoms with Crippen molar-refractivity contribution in [1.29, 1.82) is 0 Å². The van der Waals surface area contributed by atoms with Crippen LogP contribution < -0.4 is 33.7 Å². The molecule has 64 heavy (non-hydrogen) atoms. The number of hydrogen-bond donors (Lipinski definition) is 3. The molecule has 0 aromatic heterocycles. The first kappa shape index (κ1) is 42.2. The Labute approximate surface area is 373 Å². The monoisotopic (exact) mass is 895 g/mol. The number of aliphatic hydroxyl groups excluding tert-OH is 1. The van der Waals surface area contributed by atoms with Gasteiger partial charge in [-0.1, -0.05) is 36.4 Å². The van der Waals surface area contributed by atoms with E-state index in [1.54, 1.807) is 12.1 Å². The van der Waals surface area contributed by atoms with E-state index in [9.17, 15) is 19.8 Å². The molecule has 3 N–H and O–H groups in total. The molecule has 16 nitrogen and oxygen atoms in total. The minimum atomic E-state index is -1.46. The van der Waals surface area contributed by atoms with Gasteiger partial charge in [0.15, 0.2) is 40.0 Å². The number of carbonyl (C=O) groups is 3. The van der Waals surface area contributed by atoms with E-state index in [4.69, 9.17) is 37.9 Å².